The average molecular weight is 201 g/mol. The van der Waals surface area contributed by atoms with Gasteiger partial charge in [-0.25, -0.2) is 0 Å². The number of hydrogen-bond donors (Lipinski definition) is 0. The topological polar surface area (TPSA) is 20.3 Å². The van der Waals surface area contributed by atoms with Crippen molar-refractivity contribution in [2.45, 2.75) is 25.4 Å². The lowest BCUT2D eigenvalue weighted by molar-refractivity contribution is -0.129. The Bertz CT molecular complexity index is 358. The lowest BCUT2D eigenvalue weighted by atomic mass is 10.2. The van der Waals surface area contributed by atoms with Gasteiger partial charge in [-0.3, -0.25) is 4.79 Å². The van der Waals surface area contributed by atoms with Crippen molar-refractivity contribution in [3.05, 3.63) is 48.6 Å². The van der Waals surface area contributed by atoms with E-state index in [9.17, 15) is 4.79 Å². The number of benzene rings is 1. The van der Waals surface area contributed by atoms with E-state index in [0.29, 0.717) is 13.0 Å². The molecule has 2 heteroatoms. The van der Waals surface area contributed by atoms with E-state index >= 15 is 0 Å². The molecular formula is C13H15NO. The minimum absolute atomic E-state index is 0.220. The minimum Gasteiger partial charge on any atom is -0.332 e. The quantitative estimate of drug-likeness (QED) is 0.687. The summed E-state index contributed by atoms with van der Waals surface area (Å²) in [7, 11) is 0. The molecule has 1 aliphatic rings. The summed E-state index contributed by atoms with van der Waals surface area (Å²) in [5, 5.41) is 0. The van der Waals surface area contributed by atoms with Crippen molar-refractivity contribution in [1.82, 2.24) is 4.90 Å². The van der Waals surface area contributed by atoms with Crippen molar-refractivity contribution < 1.29 is 4.79 Å². The van der Waals surface area contributed by atoms with Gasteiger partial charge in [0.2, 0.25) is 5.91 Å². The van der Waals surface area contributed by atoms with Crippen LogP contribution in [-0.2, 0) is 11.3 Å². The molecular weight excluding hydrogens is 186 g/mol. The molecule has 0 unspecified atom stereocenters. The second-order valence-corrected chi connectivity index (χ2v) is 3.85. The Kier molecular flexibility index (Phi) is 2.86. The third-order valence-electron chi connectivity index (χ3n) is 2.84. The average Bonchev–Trinajstić information content (AvgIpc) is 2.62. The zero-order valence-electron chi connectivity index (χ0n) is 8.73. The van der Waals surface area contributed by atoms with Gasteiger partial charge in [-0.2, -0.15) is 0 Å². The molecule has 0 aliphatic carbocycles. The lowest BCUT2D eigenvalue weighted by Crippen LogP contribution is -2.30. The molecule has 0 N–H and O–H groups in total. The molecule has 78 valence electrons. The van der Waals surface area contributed by atoms with Crippen molar-refractivity contribution in [3.63, 3.8) is 0 Å². The van der Waals surface area contributed by atoms with Crippen molar-refractivity contribution >= 4 is 5.91 Å². The van der Waals surface area contributed by atoms with E-state index in [1.807, 2.05) is 41.3 Å². The van der Waals surface area contributed by atoms with Crippen LogP contribution in [0.25, 0.3) is 0 Å². The highest BCUT2D eigenvalue weighted by Crippen LogP contribution is 2.21. The summed E-state index contributed by atoms with van der Waals surface area (Å²) in [4.78, 5) is 13.5. The minimum atomic E-state index is 0.220. The number of hydrogen-bond acceptors (Lipinski definition) is 1. The van der Waals surface area contributed by atoms with Crippen LogP contribution in [0.15, 0.2) is 43.0 Å². The van der Waals surface area contributed by atoms with Gasteiger partial charge < -0.3 is 4.90 Å². The van der Waals surface area contributed by atoms with Crippen LogP contribution in [0.3, 0.4) is 0 Å². The maximum absolute atomic E-state index is 11.6. The van der Waals surface area contributed by atoms with Crippen LogP contribution in [0, 0.1) is 0 Å². The number of amides is 1. The van der Waals surface area contributed by atoms with E-state index in [0.717, 1.165) is 6.42 Å². The molecule has 15 heavy (non-hydrogen) atoms. The SMILES string of the molecule is C=C[C@@H]1CCC(=O)N1Cc1ccccc1. The molecule has 1 aromatic carbocycles. The van der Waals surface area contributed by atoms with Gasteiger partial charge in [-0.1, -0.05) is 36.4 Å². The van der Waals surface area contributed by atoms with Crippen molar-refractivity contribution in [1.29, 1.82) is 0 Å². The third-order valence-corrected chi connectivity index (χ3v) is 2.84. The van der Waals surface area contributed by atoms with Crippen molar-refractivity contribution in [2.75, 3.05) is 0 Å². The zero-order chi connectivity index (χ0) is 10.7. The van der Waals surface area contributed by atoms with Crippen LogP contribution >= 0.6 is 0 Å². The Morgan fingerprint density at radius 2 is 2.13 bits per heavy atom. The number of carbonyl (C=O) groups excluding carboxylic acids is 1. The fourth-order valence-electron chi connectivity index (χ4n) is 1.99. The first-order chi connectivity index (χ1) is 7.31. The van der Waals surface area contributed by atoms with Gasteiger partial charge in [0.25, 0.3) is 0 Å². The highest BCUT2D eigenvalue weighted by molar-refractivity contribution is 5.79. The Labute approximate surface area is 90.2 Å². The van der Waals surface area contributed by atoms with E-state index < -0.39 is 0 Å². The maximum Gasteiger partial charge on any atom is 0.223 e. The standard InChI is InChI=1S/C13H15NO/c1-2-12-8-9-13(15)14(12)10-11-6-4-3-5-7-11/h2-7,12H,1,8-10H2/t12-/m1/s1. The second-order valence-electron chi connectivity index (χ2n) is 3.85. The molecule has 0 saturated carbocycles. The van der Waals surface area contributed by atoms with Crippen LogP contribution in [0.4, 0.5) is 0 Å². The van der Waals surface area contributed by atoms with Crippen LogP contribution in [0.5, 0.6) is 0 Å². The number of likely N-dealkylation sites (tertiary alicyclic amines) is 1. The first kappa shape index (κ1) is 9.97. The molecule has 0 aromatic heterocycles. The van der Waals surface area contributed by atoms with Gasteiger partial charge in [0.1, 0.15) is 0 Å². The van der Waals surface area contributed by atoms with Crippen LogP contribution in [0.2, 0.25) is 0 Å². The summed E-state index contributed by atoms with van der Waals surface area (Å²) in [6.07, 6.45) is 3.44. The summed E-state index contributed by atoms with van der Waals surface area (Å²) in [5.41, 5.74) is 1.18. The van der Waals surface area contributed by atoms with E-state index in [-0.39, 0.29) is 11.9 Å². The first-order valence-corrected chi connectivity index (χ1v) is 5.27. The molecule has 2 rings (SSSR count). The molecule has 0 bridgehead atoms. The van der Waals surface area contributed by atoms with Gasteiger partial charge in [-0.05, 0) is 12.0 Å². The predicted molar refractivity (Wildman–Crippen MR) is 60.2 cm³/mol. The molecule has 1 atom stereocenters. The smallest absolute Gasteiger partial charge is 0.223 e. The molecule has 0 radical (unpaired) electrons. The summed E-state index contributed by atoms with van der Waals surface area (Å²) < 4.78 is 0. The lowest BCUT2D eigenvalue weighted by Gasteiger charge is -2.22. The van der Waals surface area contributed by atoms with E-state index in [4.69, 9.17) is 0 Å². The molecule has 1 fully saturated rings. The Morgan fingerprint density at radius 3 is 2.80 bits per heavy atom. The highest BCUT2D eigenvalue weighted by atomic mass is 16.2. The van der Waals surface area contributed by atoms with E-state index in [1.54, 1.807) is 0 Å². The van der Waals surface area contributed by atoms with Crippen LogP contribution in [-0.4, -0.2) is 16.8 Å². The molecule has 1 saturated heterocycles. The van der Waals surface area contributed by atoms with Gasteiger partial charge in [-0.15, -0.1) is 6.58 Å². The summed E-state index contributed by atoms with van der Waals surface area (Å²) in [5.74, 6) is 0.240. The fraction of sp³-hybridized carbons (Fsp3) is 0.308. The summed E-state index contributed by atoms with van der Waals surface area (Å²) in [6, 6.07) is 10.3. The molecule has 1 amide bonds. The Balaban J connectivity index is 2.10. The van der Waals surface area contributed by atoms with E-state index in [1.165, 1.54) is 5.56 Å². The van der Waals surface area contributed by atoms with Crippen molar-refractivity contribution in [3.8, 4) is 0 Å². The number of nitrogens with zero attached hydrogens (tertiary/aromatic N) is 1. The summed E-state index contributed by atoms with van der Waals surface area (Å²) in [6.45, 7) is 4.48. The van der Waals surface area contributed by atoms with E-state index in [2.05, 4.69) is 6.58 Å². The van der Waals surface area contributed by atoms with Crippen LogP contribution < -0.4 is 0 Å². The third kappa shape index (κ3) is 2.09. The molecule has 1 aliphatic heterocycles. The van der Waals surface area contributed by atoms with Gasteiger partial charge in [0, 0.05) is 13.0 Å². The largest absolute Gasteiger partial charge is 0.332 e. The normalized spacial score (nSPS) is 20.7. The van der Waals surface area contributed by atoms with Crippen LogP contribution in [0.1, 0.15) is 18.4 Å². The van der Waals surface area contributed by atoms with Gasteiger partial charge in [0.05, 0.1) is 6.04 Å². The number of carbonyl (C=O) groups is 1. The zero-order valence-corrected chi connectivity index (χ0v) is 8.73. The highest BCUT2D eigenvalue weighted by Gasteiger charge is 2.28. The molecule has 2 nitrogen and oxygen atoms in total. The van der Waals surface area contributed by atoms with Gasteiger partial charge in [0.15, 0.2) is 0 Å². The maximum atomic E-state index is 11.6. The molecule has 1 aromatic rings. The number of rotatable bonds is 3. The summed E-state index contributed by atoms with van der Waals surface area (Å²) >= 11 is 0. The first-order valence-electron chi connectivity index (χ1n) is 5.27. The molecule has 1 heterocycles. The molecule has 0 spiro atoms. The second kappa shape index (κ2) is 4.30. The van der Waals surface area contributed by atoms with Crippen molar-refractivity contribution in [2.24, 2.45) is 0 Å². The predicted octanol–water partition coefficient (Wildman–Crippen LogP) is 2.36. The Hall–Kier alpha value is -1.57. The van der Waals surface area contributed by atoms with Gasteiger partial charge >= 0.3 is 0 Å². The fourth-order valence-corrected chi connectivity index (χ4v) is 1.99. The monoisotopic (exact) mass is 201 g/mol. The Morgan fingerprint density at radius 1 is 1.40 bits per heavy atom.